The molecule has 1 N–H and O–H groups in total. The lowest BCUT2D eigenvalue weighted by Crippen LogP contribution is -2.45. The van der Waals surface area contributed by atoms with Crippen LogP contribution in [-0.4, -0.2) is 38.3 Å². The molecular formula is C15H18ClN3O3S. The van der Waals surface area contributed by atoms with Crippen molar-refractivity contribution in [1.29, 1.82) is 5.26 Å². The Bertz CT molecular complexity index is 763. The first-order valence-electron chi connectivity index (χ1n) is 7.18. The third kappa shape index (κ3) is 3.50. The summed E-state index contributed by atoms with van der Waals surface area (Å²) in [6.45, 7) is 0. The van der Waals surface area contributed by atoms with Crippen LogP contribution in [-0.2, 0) is 10.0 Å². The van der Waals surface area contributed by atoms with Gasteiger partial charge < -0.3 is 5.32 Å². The van der Waals surface area contributed by atoms with E-state index in [2.05, 4.69) is 11.4 Å². The van der Waals surface area contributed by atoms with E-state index in [0.717, 1.165) is 17.1 Å². The van der Waals surface area contributed by atoms with Crippen LogP contribution in [0.25, 0.3) is 0 Å². The van der Waals surface area contributed by atoms with Crippen molar-refractivity contribution in [3.8, 4) is 6.07 Å². The van der Waals surface area contributed by atoms with Gasteiger partial charge in [0, 0.05) is 14.1 Å². The number of amides is 1. The number of carbonyl (C=O) groups excluding carboxylic acids is 1. The molecule has 1 aliphatic carbocycles. The zero-order chi connectivity index (χ0) is 17.3. The maximum Gasteiger partial charge on any atom is 0.254 e. The first-order valence-corrected chi connectivity index (χ1v) is 8.99. The predicted molar refractivity (Wildman–Crippen MR) is 86.6 cm³/mol. The Hall–Kier alpha value is -1.62. The van der Waals surface area contributed by atoms with Gasteiger partial charge in [-0.05, 0) is 43.9 Å². The molecule has 23 heavy (non-hydrogen) atoms. The Kier molecular flexibility index (Phi) is 4.99. The number of nitrogens with one attached hydrogen (secondary N) is 1. The molecule has 6 nitrogen and oxygen atoms in total. The van der Waals surface area contributed by atoms with E-state index in [-0.39, 0.29) is 15.5 Å². The van der Waals surface area contributed by atoms with E-state index in [1.807, 2.05) is 0 Å². The first kappa shape index (κ1) is 17.7. The minimum Gasteiger partial charge on any atom is -0.334 e. The van der Waals surface area contributed by atoms with Gasteiger partial charge in [-0.25, -0.2) is 12.7 Å². The molecule has 1 aromatic carbocycles. The summed E-state index contributed by atoms with van der Waals surface area (Å²) in [5.74, 6) is -0.533. The van der Waals surface area contributed by atoms with Gasteiger partial charge in [-0.2, -0.15) is 5.26 Å². The maximum absolute atomic E-state index is 12.5. The van der Waals surface area contributed by atoms with Crippen molar-refractivity contribution >= 4 is 27.5 Å². The maximum atomic E-state index is 12.5. The normalized spacial score (nSPS) is 17.0. The second-order valence-electron chi connectivity index (χ2n) is 5.78. The Morgan fingerprint density at radius 2 is 1.96 bits per heavy atom. The van der Waals surface area contributed by atoms with Crippen LogP contribution >= 0.6 is 11.6 Å². The van der Waals surface area contributed by atoms with Crippen LogP contribution in [0, 0.1) is 11.3 Å². The lowest BCUT2D eigenvalue weighted by molar-refractivity contribution is 0.0920. The topological polar surface area (TPSA) is 90.3 Å². The van der Waals surface area contributed by atoms with Gasteiger partial charge in [-0.3, -0.25) is 4.79 Å². The predicted octanol–water partition coefficient (Wildman–Crippen LogP) is 2.16. The van der Waals surface area contributed by atoms with Gasteiger partial charge in [0.15, 0.2) is 0 Å². The quantitative estimate of drug-likeness (QED) is 0.896. The largest absolute Gasteiger partial charge is 0.334 e. The Morgan fingerprint density at radius 1 is 1.35 bits per heavy atom. The number of hydrogen-bond donors (Lipinski definition) is 1. The molecule has 0 unspecified atom stereocenters. The highest BCUT2D eigenvalue weighted by molar-refractivity contribution is 7.89. The van der Waals surface area contributed by atoms with Crippen molar-refractivity contribution in [2.24, 2.45) is 0 Å². The second-order valence-corrected chi connectivity index (χ2v) is 8.34. The smallest absolute Gasteiger partial charge is 0.254 e. The van der Waals surface area contributed by atoms with E-state index in [9.17, 15) is 18.5 Å². The van der Waals surface area contributed by atoms with Crippen LogP contribution in [0.15, 0.2) is 23.1 Å². The Balaban J connectivity index is 2.36. The number of hydrogen-bond acceptors (Lipinski definition) is 4. The van der Waals surface area contributed by atoms with Crippen molar-refractivity contribution in [3.05, 3.63) is 28.8 Å². The van der Waals surface area contributed by atoms with E-state index in [1.165, 1.54) is 32.3 Å². The molecule has 0 bridgehead atoms. The highest BCUT2D eigenvalue weighted by Crippen LogP contribution is 2.30. The van der Waals surface area contributed by atoms with E-state index in [1.54, 1.807) is 0 Å². The van der Waals surface area contributed by atoms with Crippen LogP contribution < -0.4 is 5.32 Å². The van der Waals surface area contributed by atoms with Gasteiger partial charge in [0.2, 0.25) is 10.0 Å². The summed E-state index contributed by atoms with van der Waals surface area (Å²) in [4.78, 5) is 12.5. The van der Waals surface area contributed by atoms with Crippen molar-refractivity contribution in [2.75, 3.05) is 14.1 Å². The first-order chi connectivity index (χ1) is 10.7. The summed E-state index contributed by atoms with van der Waals surface area (Å²) < 4.78 is 25.4. The summed E-state index contributed by atoms with van der Waals surface area (Å²) in [5.41, 5.74) is -0.840. The fourth-order valence-corrected chi connectivity index (χ4v) is 3.71. The highest BCUT2D eigenvalue weighted by atomic mass is 35.5. The van der Waals surface area contributed by atoms with E-state index >= 15 is 0 Å². The monoisotopic (exact) mass is 355 g/mol. The molecule has 0 heterocycles. The molecule has 1 saturated carbocycles. The van der Waals surface area contributed by atoms with E-state index < -0.39 is 21.5 Å². The van der Waals surface area contributed by atoms with Crippen LogP contribution in [0.5, 0.6) is 0 Å². The minimum atomic E-state index is -3.67. The Labute approximate surface area is 141 Å². The molecule has 0 atom stereocenters. The van der Waals surface area contributed by atoms with Gasteiger partial charge in [-0.1, -0.05) is 11.6 Å². The van der Waals surface area contributed by atoms with Gasteiger partial charge in [0.25, 0.3) is 5.91 Å². The number of benzene rings is 1. The molecule has 0 spiro atoms. The standard InChI is InChI=1S/C15H18ClN3O3S/c1-19(2)23(21,22)11-5-6-13(16)12(9-11)14(20)18-15(10-17)7-3-4-8-15/h5-6,9H,3-4,7-8H2,1-2H3,(H,18,20). The number of nitriles is 1. The number of rotatable bonds is 4. The molecule has 1 fully saturated rings. The van der Waals surface area contributed by atoms with Crippen molar-refractivity contribution < 1.29 is 13.2 Å². The number of sulfonamides is 1. The van der Waals surface area contributed by atoms with Crippen molar-refractivity contribution in [1.82, 2.24) is 9.62 Å². The lowest BCUT2D eigenvalue weighted by Gasteiger charge is -2.22. The molecule has 2 rings (SSSR count). The molecule has 124 valence electrons. The van der Waals surface area contributed by atoms with Crippen molar-refractivity contribution in [3.63, 3.8) is 0 Å². The lowest BCUT2D eigenvalue weighted by atomic mass is 9.99. The van der Waals surface area contributed by atoms with Gasteiger partial charge in [-0.15, -0.1) is 0 Å². The summed E-state index contributed by atoms with van der Waals surface area (Å²) >= 11 is 6.04. The zero-order valence-corrected chi connectivity index (χ0v) is 14.5. The summed E-state index contributed by atoms with van der Waals surface area (Å²) in [5, 5.41) is 12.2. The fraction of sp³-hybridized carbons (Fsp3) is 0.467. The van der Waals surface area contributed by atoms with Gasteiger partial charge in [0.05, 0.1) is 21.6 Å². The fourth-order valence-electron chi connectivity index (χ4n) is 2.58. The molecule has 1 amide bonds. The van der Waals surface area contributed by atoms with Gasteiger partial charge >= 0.3 is 0 Å². The van der Waals surface area contributed by atoms with Crippen molar-refractivity contribution in [2.45, 2.75) is 36.1 Å². The minimum absolute atomic E-state index is 0.0190. The van der Waals surface area contributed by atoms with E-state index in [0.29, 0.717) is 12.8 Å². The zero-order valence-electron chi connectivity index (χ0n) is 13.0. The molecule has 8 heteroatoms. The molecule has 1 aliphatic rings. The molecular weight excluding hydrogens is 338 g/mol. The summed E-state index contributed by atoms with van der Waals surface area (Å²) in [6.07, 6.45) is 2.92. The van der Waals surface area contributed by atoms with Crippen LogP contribution in [0.1, 0.15) is 36.0 Å². The number of halogens is 1. The molecule has 0 saturated heterocycles. The summed E-state index contributed by atoms with van der Waals surface area (Å²) in [7, 11) is -0.849. The number of nitrogens with zero attached hydrogens (tertiary/aromatic N) is 2. The molecule has 1 aromatic rings. The average Bonchev–Trinajstić information content (AvgIpc) is 2.96. The van der Waals surface area contributed by atoms with E-state index in [4.69, 9.17) is 11.6 Å². The van der Waals surface area contributed by atoms with Gasteiger partial charge in [0.1, 0.15) is 5.54 Å². The Morgan fingerprint density at radius 3 is 2.48 bits per heavy atom. The van der Waals surface area contributed by atoms with Crippen LogP contribution in [0.3, 0.4) is 0 Å². The van der Waals surface area contributed by atoms with Crippen LogP contribution in [0.4, 0.5) is 0 Å². The molecule has 0 aromatic heterocycles. The second kappa shape index (κ2) is 6.48. The third-order valence-corrected chi connectivity index (χ3v) is 6.13. The number of carbonyl (C=O) groups is 1. The SMILES string of the molecule is CN(C)S(=O)(=O)c1ccc(Cl)c(C(=O)NC2(C#N)CCCC2)c1. The molecule has 0 radical (unpaired) electrons. The average molecular weight is 356 g/mol. The third-order valence-electron chi connectivity index (χ3n) is 3.98. The van der Waals surface area contributed by atoms with Crippen LogP contribution in [0.2, 0.25) is 5.02 Å². The highest BCUT2D eigenvalue weighted by Gasteiger charge is 2.36. The summed E-state index contributed by atoms with van der Waals surface area (Å²) in [6, 6.07) is 6.13. The molecule has 0 aliphatic heterocycles.